The Bertz CT molecular complexity index is 792. The van der Waals surface area contributed by atoms with Crippen molar-refractivity contribution in [2.75, 3.05) is 12.8 Å². The number of anilines is 1. The molecule has 0 aliphatic rings. The highest BCUT2D eigenvalue weighted by Crippen LogP contribution is 2.30. The monoisotopic (exact) mass is 313 g/mol. The van der Waals surface area contributed by atoms with Crippen LogP contribution in [0.25, 0.3) is 16.9 Å². The van der Waals surface area contributed by atoms with Crippen LogP contribution in [-0.4, -0.2) is 16.7 Å². The van der Waals surface area contributed by atoms with Gasteiger partial charge in [0.25, 0.3) is 0 Å². The van der Waals surface area contributed by atoms with E-state index in [9.17, 15) is 0 Å². The van der Waals surface area contributed by atoms with E-state index in [2.05, 4.69) is 4.98 Å². The maximum Gasteiger partial charge on any atom is 0.205 e. The quantitative estimate of drug-likeness (QED) is 0.792. The van der Waals surface area contributed by atoms with Gasteiger partial charge in [0.2, 0.25) is 5.95 Å². The Morgan fingerprint density at radius 1 is 1.05 bits per heavy atom. The third kappa shape index (κ3) is 2.53. The van der Waals surface area contributed by atoms with Gasteiger partial charge in [0.1, 0.15) is 5.75 Å². The number of hydrogen-bond acceptors (Lipinski definition) is 3. The second-order valence-electron chi connectivity index (χ2n) is 4.94. The van der Waals surface area contributed by atoms with E-state index in [0.717, 1.165) is 28.4 Å². The van der Waals surface area contributed by atoms with Gasteiger partial charge in [-0.25, -0.2) is 4.98 Å². The van der Waals surface area contributed by atoms with Crippen LogP contribution in [0.15, 0.2) is 48.5 Å². The average Bonchev–Trinajstić information content (AvgIpc) is 2.82. The van der Waals surface area contributed by atoms with E-state index in [1.165, 1.54) is 0 Å². The van der Waals surface area contributed by atoms with Gasteiger partial charge in [-0.1, -0.05) is 23.7 Å². The molecular formula is C17H16ClN3O. The van der Waals surface area contributed by atoms with Crippen LogP contribution < -0.4 is 10.5 Å². The summed E-state index contributed by atoms with van der Waals surface area (Å²) in [5.41, 5.74) is 9.89. The molecule has 2 aromatic carbocycles. The highest BCUT2D eigenvalue weighted by atomic mass is 35.5. The second-order valence-corrected chi connectivity index (χ2v) is 5.38. The van der Waals surface area contributed by atoms with Crippen molar-refractivity contribution in [3.8, 4) is 22.7 Å². The molecule has 0 amide bonds. The number of benzene rings is 2. The highest BCUT2D eigenvalue weighted by Gasteiger charge is 2.15. The van der Waals surface area contributed by atoms with Crippen LogP contribution in [0.5, 0.6) is 5.75 Å². The van der Waals surface area contributed by atoms with Crippen molar-refractivity contribution in [1.29, 1.82) is 0 Å². The molecule has 0 atom stereocenters. The minimum atomic E-state index is 0.451. The van der Waals surface area contributed by atoms with Crippen molar-refractivity contribution in [3.05, 3.63) is 59.2 Å². The zero-order chi connectivity index (χ0) is 15.7. The molecule has 0 saturated carbocycles. The van der Waals surface area contributed by atoms with Crippen molar-refractivity contribution < 1.29 is 4.74 Å². The molecule has 5 heteroatoms. The first-order chi connectivity index (χ1) is 10.6. The summed E-state index contributed by atoms with van der Waals surface area (Å²) < 4.78 is 7.13. The molecule has 2 N–H and O–H groups in total. The summed E-state index contributed by atoms with van der Waals surface area (Å²) in [6.45, 7) is 1.94. The maximum absolute atomic E-state index is 6.11. The van der Waals surface area contributed by atoms with Gasteiger partial charge in [-0.15, -0.1) is 0 Å². The Morgan fingerprint density at radius 2 is 1.68 bits per heavy atom. The number of ether oxygens (including phenoxy) is 1. The van der Waals surface area contributed by atoms with E-state index >= 15 is 0 Å². The van der Waals surface area contributed by atoms with E-state index in [1.807, 2.05) is 60.0 Å². The Morgan fingerprint density at radius 3 is 2.27 bits per heavy atom. The molecule has 0 aliphatic heterocycles. The van der Waals surface area contributed by atoms with Crippen LogP contribution in [0, 0.1) is 6.92 Å². The molecule has 4 nitrogen and oxygen atoms in total. The van der Waals surface area contributed by atoms with E-state index in [-0.39, 0.29) is 0 Å². The number of halogens is 1. The molecule has 0 radical (unpaired) electrons. The first kappa shape index (κ1) is 14.5. The minimum absolute atomic E-state index is 0.451. The normalized spacial score (nSPS) is 10.7. The number of rotatable bonds is 3. The van der Waals surface area contributed by atoms with Gasteiger partial charge in [0, 0.05) is 16.3 Å². The molecule has 22 heavy (non-hydrogen) atoms. The second kappa shape index (κ2) is 5.73. The predicted molar refractivity (Wildman–Crippen MR) is 89.7 cm³/mol. The Labute approximate surface area is 134 Å². The van der Waals surface area contributed by atoms with Gasteiger partial charge in [-0.3, -0.25) is 4.57 Å². The van der Waals surface area contributed by atoms with Crippen LogP contribution in [0.2, 0.25) is 5.02 Å². The smallest absolute Gasteiger partial charge is 0.205 e. The number of hydrogen-bond donors (Lipinski definition) is 1. The average molecular weight is 314 g/mol. The lowest BCUT2D eigenvalue weighted by Crippen LogP contribution is -2.02. The summed E-state index contributed by atoms with van der Waals surface area (Å²) >= 11 is 5.97. The van der Waals surface area contributed by atoms with Crippen LogP contribution in [0.3, 0.4) is 0 Å². The summed E-state index contributed by atoms with van der Waals surface area (Å²) in [5.74, 6) is 1.25. The number of methoxy groups -OCH3 is 1. The Balaban J connectivity index is 2.16. The first-order valence-corrected chi connectivity index (χ1v) is 7.23. The molecule has 0 spiro atoms. The summed E-state index contributed by atoms with van der Waals surface area (Å²) in [7, 11) is 1.64. The SMILES string of the molecule is COc1ccc(-n2c(N)nc(C)c2-c2ccc(Cl)cc2)cc1. The van der Waals surface area contributed by atoms with E-state index in [0.29, 0.717) is 11.0 Å². The molecule has 1 aromatic heterocycles. The molecular weight excluding hydrogens is 298 g/mol. The minimum Gasteiger partial charge on any atom is -0.497 e. The van der Waals surface area contributed by atoms with Crippen molar-refractivity contribution in [2.45, 2.75) is 6.92 Å². The van der Waals surface area contributed by atoms with Gasteiger partial charge in [0.15, 0.2) is 0 Å². The lowest BCUT2D eigenvalue weighted by Gasteiger charge is -2.11. The van der Waals surface area contributed by atoms with Gasteiger partial charge in [0.05, 0.1) is 18.5 Å². The number of aromatic nitrogens is 2. The van der Waals surface area contributed by atoms with Crippen molar-refractivity contribution in [1.82, 2.24) is 9.55 Å². The van der Waals surface area contributed by atoms with Crippen LogP contribution in [-0.2, 0) is 0 Å². The molecule has 112 valence electrons. The lowest BCUT2D eigenvalue weighted by atomic mass is 10.1. The highest BCUT2D eigenvalue weighted by molar-refractivity contribution is 6.30. The molecule has 0 fully saturated rings. The van der Waals surface area contributed by atoms with Crippen LogP contribution >= 0.6 is 11.6 Å². The largest absolute Gasteiger partial charge is 0.497 e. The summed E-state index contributed by atoms with van der Waals surface area (Å²) in [4.78, 5) is 4.41. The summed E-state index contributed by atoms with van der Waals surface area (Å²) in [5, 5.41) is 0.699. The number of nitrogens with zero attached hydrogens (tertiary/aromatic N) is 2. The maximum atomic E-state index is 6.11. The molecule has 1 heterocycles. The van der Waals surface area contributed by atoms with Crippen LogP contribution in [0.1, 0.15) is 5.69 Å². The van der Waals surface area contributed by atoms with Gasteiger partial charge in [-0.05, 0) is 43.3 Å². The van der Waals surface area contributed by atoms with E-state index < -0.39 is 0 Å². The zero-order valence-electron chi connectivity index (χ0n) is 12.4. The summed E-state index contributed by atoms with van der Waals surface area (Å²) in [6.07, 6.45) is 0. The van der Waals surface area contributed by atoms with E-state index in [4.69, 9.17) is 22.1 Å². The molecule has 0 saturated heterocycles. The number of aryl methyl sites for hydroxylation is 1. The van der Waals surface area contributed by atoms with E-state index in [1.54, 1.807) is 7.11 Å². The third-order valence-electron chi connectivity index (χ3n) is 3.53. The Kier molecular flexibility index (Phi) is 3.77. The molecule has 0 aliphatic carbocycles. The first-order valence-electron chi connectivity index (χ1n) is 6.85. The van der Waals surface area contributed by atoms with Gasteiger partial charge < -0.3 is 10.5 Å². The summed E-state index contributed by atoms with van der Waals surface area (Å²) in [6, 6.07) is 15.4. The lowest BCUT2D eigenvalue weighted by molar-refractivity contribution is 0.415. The van der Waals surface area contributed by atoms with Crippen LogP contribution in [0.4, 0.5) is 5.95 Å². The predicted octanol–water partition coefficient (Wildman–Crippen LogP) is 4.09. The zero-order valence-corrected chi connectivity index (χ0v) is 13.1. The molecule has 3 aromatic rings. The molecule has 3 rings (SSSR count). The molecule has 0 unspecified atom stereocenters. The third-order valence-corrected chi connectivity index (χ3v) is 3.78. The topological polar surface area (TPSA) is 53.1 Å². The fraction of sp³-hybridized carbons (Fsp3) is 0.118. The standard InChI is InChI=1S/C17H16ClN3O/c1-11-16(12-3-5-13(18)6-4-12)21(17(19)20-11)14-7-9-15(22-2)10-8-14/h3-10H,1-2H3,(H2,19,20). The Hall–Kier alpha value is -2.46. The van der Waals surface area contributed by atoms with Gasteiger partial charge in [-0.2, -0.15) is 0 Å². The number of imidazole rings is 1. The molecule has 0 bridgehead atoms. The van der Waals surface area contributed by atoms with Crippen molar-refractivity contribution in [2.24, 2.45) is 0 Å². The van der Waals surface area contributed by atoms with Gasteiger partial charge >= 0.3 is 0 Å². The van der Waals surface area contributed by atoms with Crippen molar-refractivity contribution >= 4 is 17.5 Å². The van der Waals surface area contributed by atoms with Crippen molar-refractivity contribution in [3.63, 3.8) is 0 Å². The fourth-order valence-electron chi connectivity index (χ4n) is 2.49. The fourth-order valence-corrected chi connectivity index (χ4v) is 2.62. The number of nitrogen functional groups attached to an aromatic ring is 1. The number of nitrogens with two attached hydrogens (primary N) is 1.